The van der Waals surface area contributed by atoms with Gasteiger partial charge in [-0.3, -0.25) is 0 Å². The Morgan fingerprint density at radius 2 is 2.30 bits per heavy atom. The van der Waals surface area contributed by atoms with E-state index >= 15 is 0 Å². The zero-order valence-electron chi connectivity index (χ0n) is 12.6. The van der Waals surface area contributed by atoms with Gasteiger partial charge in [0.2, 0.25) is 5.76 Å². The van der Waals surface area contributed by atoms with Crippen molar-refractivity contribution >= 4 is 5.97 Å². The van der Waals surface area contributed by atoms with Crippen molar-refractivity contribution in [3.05, 3.63) is 23.7 Å². The lowest BCUT2D eigenvalue weighted by Gasteiger charge is -2.52. The Hall–Kier alpha value is -1.33. The zero-order chi connectivity index (χ0) is 14.8. The van der Waals surface area contributed by atoms with Crippen LogP contribution in [0, 0.1) is 5.41 Å². The fourth-order valence-corrected chi connectivity index (χ4v) is 2.70. The highest BCUT2D eigenvalue weighted by Crippen LogP contribution is 2.42. The van der Waals surface area contributed by atoms with Crippen molar-refractivity contribution in [2.24, 2.45) is 5.41 Å². The number of carbonyl (C=O) groups excluding carboxylic acids is 1. The predicted molar refractivity (Wildman–Crippen MR) is 74.5 cm³/mol. The van der Waals surface area contributed by atoms with E-state index in [9.17, 15) is 4.79 Å². The Kier molecular flexibility index (Phi) is 4.50. The van der Waals surface area contributed by atoms with E-state index in [1.54, 1.807) is 6.07 Å². The van der Waals surface area contributed by atoms with Crippen molar-refractivity contribution in [3.63, 3.8) is 0 Å². The molecule has 0 saturated heterocycles. The zero-order valence-corrected chi connectivity index (χ0v) is 12.6. The summed E-state index contributed by atoms with van der Waals surface area (Å²) < 4.78 is 15.6. The number of esters is 1. The summed E-state index contributed by atoms with van der Waals surface area (Å²) in [6.45, 7) is 7.75. The van der Waals surface area contributed by atoms with Crippen LogP contribution in [0.4, 0.5) is 0 Å². The summed E-state index contributed by atoms with van der Waals surface area (Å²) in [5.41, 5.74) is 0.929. The number of hydrogen-bond acceptors (Lipinski definition) is 5. The third kappa shape index (κ3) is 2.74. The number of rotatable bonds is 6. The Balaban J connectivity index is 1.91. The highest BCUT2D eigenvalue weighted by molar-refractivity contribution is 5.87. The van der Waals surface area contributed by atoms with E-state index in [1.807, 2.05) is 6.92 Å². The average molecular weight is 281 g/mol. The average Bonchev–Trinajstić information content (AvgIpc) is 2.89. The van der Waals surface area contributed by atoms with Gasteiger partial charge in [0, 0.05) is 30.2 Å². The molecule has 1 fully saturated rings. The molecule has 2 unspecified atom stereocenters. The third-order valence-electron chi connectivity index (χ3n) is 4.20. The maximum Gasteiger partial charge on any atom is 0.374 e. The van der Waals surface area contributed by atoms with E-state index in [1.165, 1.54) is 13.4 Å². The number of methoxy groups -OCH3 is 1. The molecule has 0 aromatic carbocycles. The van der Waals surface area contributed by atoms with Crippen molar-refractivity contribution in [2.75, 3.05) is 13.7 Å². The number of ether oxygens (including phenoxy) is 2. The standard InChI is InChI=1S/C15H23NO4/c1-5-19-12-8-11(15(12,2)3)16-9-10-6-7-20-13(10)14(17)18-4/h6-7,11-12,16H,5,8-9H2,1-4H3. The highest BCUT2D eigenvalue weighted by Gasteiger charge is 2.48. The quantitative estimate of drug-likeness (QED) is 0.811. The van der Waals surface area contributed by atoms with E-state index in [4.69, 9.17) is 13.9 Å². The minimum atomic E-state index is -0.438. The molecule has 1 saturated carbocycles. The van der Waals surface area contributed by atoms with Crippen LogP contribution in [-0.4, -0.2) is 31.8 Å². The molecule has 0 bridgehead atoms. The largest absolute Gasteiger partial charge is 0.463 e. The first-order valence-corrected chi connectivity index (χ1v) is 7.00. The molecule has 0 radical (unpaired) electrons. The van der Waals surface area contributed by atoms with Crippen LogP contribution in [0.5, 0.6) is 0 Å². The maximum atomic E-state index is 11.5. The second-order valence-electron chi connectivity index (χ2n) is 5.70. The van der Waals surface area contributed by atoms with Crippen LogP contribution in [0.2, 0.25) is 0 Å². The summed E-state index contributed by atoms with van der Waals surface area (Å²) in [5, 5.41) is 3.47. The number of carbonyl (C=O) groups is 1. The van der Waals surface area contributed by atoms with E-state index in [0.29, 0.717) is 18.7 Å². The van der Waals surface area contributed by atoms with E-state index in [2.05, 4.69) is 19.2 Å². The monoisotopic (exact) mass is 281 g/mol. The predicted octanol–water partition coefficient (Wildman–Crippen LogP) is 2.36. The van der Waals surface area contributed by atoms with Crippen molar-refractivity contribution in [3.8, 4) is 0 Å². The van der Waals surface area contributed by atoms with Gasteiger partial charge in [-0.1, -0.05) is 13.8 Å². The van der Waals surface area contributed by atoms with Crippen LogP contribution in [0.25, 0.3) is 0 Å². The fourth-order valence-electron chi connectivity index (χ4n) is 2.70. The van der Waals surface area contributed by atoms with Crippen LogP contribution in [-0.2, 0) is 16.0 Å². The van der Waals surface area contributed by atoms with E-state index in [-0.39, 0.29) is 11.2 Å². The van der Waals surface area contributed by atoms with Crippen molar-refractivity contribution in [1.82, 2.24) is 5.32 Å². The van der Waals surface area contributed by atoms with E-state index in [0.717, 1.165) is 18.6 Å². The van der Waals surface area contributed by atoms with E-state index < -0.39 is 5.97 Å². The topological polar surface area (TPSA) is 60.7 Å². The lowest BCUT2D eigenvalue weighted by Crippen LogP contribution is -2.60. The summed E-state index contributed by atoms with van der Waals surface area (Å²) in [6.07, 6.45) is 2.80. The molecule has 20 heavy (non-hydrogen) atoms. The molecule has 0 aliphatic heterocycles. The summed E-state index contributed by atoms with van der Waals surface area (Å²) in [5.74, 6) is -0.162. The normalized spacial score (nSPS) is 24.2. The molecule has 112 valence electrons. The van der Waals surface area contributed by atoms with Gasteiger partial charge in [-0.05, 0) is 19.4 Å². The molecule has 5 nitrogen and oxygen atoms in total. The molecule has 0 spiro atoms. The van der Waals surface area contributed by atoms with Gasteiger partial charge in [0.15, 0.2) is 0 Å². The highest BCUT2D eigenvalue weighted by atomic mass is 16.5. The Morgan fingerprint density at radius 3 is 2.90 bits per heavy atom. The van der Waals surface area contributed by atoms with Gasteiger partial charge in [0.1, 0.15) is 0 Å². The van der Waals surface area contributed by atoms with Crippen molar-refractivity contribution in [1.29, 1.82) is 0 Å². The molecule has 2 rings (SSSR count). The molecule has 1 aliphatic carbocycles. The number of nitrogens with one attached hydrogen (secondary N) is 1. The second-order valence-corrected chi connectivity index (χ2v) is 5.70. The van der Waals surface area contributed by atoms with Gasteiger partial charge in [-0.2, -0.15) is 0 Å². The van der Waals surface area contributed by atoms with Crippen LogP contribution >= 0.6 is 0 Å². The fraction of sp³-hybridized carbons (Fsp3) is 0.667. The lowest BCUT2D eigenvalue weighted by molar-refractivity contribution is -0.114. The van der Waals surface area contributed by atoms with Crippen LogP contribution < -0.4 is 5.32 Å². The number of hydrogen-bond donors (Lipinski definition) is 1. The minimum Gasteiger partial charge on any atom is -0.463 e. The maximum absolute atomic E-state index is 11.5. The molecule has 0 amide bonds. The lowest BCUT2D eigenvalue weighted by atomic mass is 9.64. The minimum absolute atomic E-state index is 0.102. The number of furan rings is 1. The SMILES string of the molecule is CCOC1CC(NCc2ccoc2C(=O)OC)C1(C)C. The van der Waals surface area contributed by atoms with Crippen LogP contribution in [0.3, 0.4) is 0 Å². The molecule has 1 aliphatic rings. The summed E-state index contributed by atoms with van der Waals surface area (Å²) in [4.78, 5) is 11.5. The van der Waals surface area contributed by atoms with Gasteiger partial charge in [0.25, 0.3) is 0 Å². The molecule has 1 aromatic heterocycles. The molecule has 1 heterocycles. The molecule has 1 aromatic rings. The Labute approximate surface area is 119 Å². The molecular formula is C15H23NO4. The van der Waals surface area contributed by atoms with Gasteiger partial charge in [-0.25, -0.2) is 4.79 Å². The summed E-state index contributed by atoms with van der Waals surface area (Å²) >= 11 is 0. The first-order chi connectivity index (χ1) is 9.50. The summed E-state index contributed by atoms with van der Waals surface area (Å²) in [7, 11) is 1.35. The van der Waals surface area contributed by atoms with Crippen molar-refractivity contribution < 1.29 is 18.7 Å². The van der Waals surface area contributed by atoms with Gasteiger partial charge in [0.05, 0.1) is 19.5 Å². The Morgan fingerprint density at radius 1 is 1.55 bits per heavy atom. The van der Waals surface area contributed by atoms with Gasteiger partial charge < -0.3 is 19.2 Å². The first kappa shape index (κ1) is 15.1. The molecular weight excluding hydrogens is 258 g/mol. The smallest absolute Gasteiger partial charge is 0.374 e. The van der Waals surface area contributed by atoms with Crippen LogP contribution in [0.15, 0.2) is 16.7 Å². The third-order valence-corrected chi connectivity index (χ3v) is 4.20. The van der Waals surface area contributed by atoms with Crippen LogP contribution in [0.1, 0.15) is 43.3 Å². The van der Waals surface area contributed by atoms with Crippen molar-refractivity contribution in [2.45, 2.75) is 45.9 Å². The van der Waals surface area contributed by atoms with Gasteiger partial charge in [-0.15, -0.1) is 0 Å². The summed E-state index contributed by atoms with van der Waals surface area (Å²) in [6, 6.07) is 2.17. The second kappa shape index (κ2) is 5.97. The molecule has 1 N–H and O–H groups in total. The first-order valence-electron chi connectivity index (χ1n) is 7.00. The molecule has 2 atom stereocenters. The van der Waals surface area contributed by atoms with Gasteiger partial charge >= 0.3 is 5.97 Å². The molecule has 5 heteroatoms. The Bertz CT molecular complexity index is 466.